The Morgan fingerprint density at radius 2 is 1.64 bits per heavy atom. The molecule has 0 saturated heterocycles. The topological polar surface area (TPSA) is 109 Å². The molecule has 2 rings (SSSR count). The lowest BCUT2D eigenvalue weighted by Gasteiger charge is -2.15. The molecule has 3 amide bonds. The molecular formula is C19H20N4O4S. The van der Waals surface area contributed by atoms with E-state index in [2.05, 4.69) is 25.7 Å². The van der Waals surface area contributed by atoms with Crippen LogP contribution >= 0.6 is 11.8 Å². The van der Waals surface area contributed by atoms with Gasteiger partial charge in [-0.1, -0.05) is 30.0 Å². The molecule has 0 aliphatic rings. The highest BCUT2D eigenvalue weighted by Gasteiger charge is 2.12. The number of alkyl carbamates (subject to hydrolysis) is 1. The van der Waals surface area contributed by atoms with Crippen LogP contribution < -0.4 is 16.0 Å². The number of anilines is 2. The number of rotatable bonds is 4. The summed E-state index contributed by atoms with van der Waals surface area (Å²) in [4.78, 5) is 40.1. The van der Waals surface area contributed by atoms with E-state index in [-0.39, 0.29) is 11.9 Å². The molecule has 146 valence electrons. The summed E-state index contributed by atoms with van der Waals surface area (Å²) in [6.07, 6.45) is -0.789. The molecule has 3 N–H and O–H groups in total. The van der Waals surface area contributed by atoms with Crippen molar-refractivity contribution in [2.45, 2.75) is 23.6 Å². The van der Waals surface area contributed by atoms with E-state index in [9.17, 15) is 14.4 Å². The van der Waals surface area contributed by atoms with Gasteiger partial charge in [-0.05, 0) is 30.3 Å². The molecule has 0 saturated carbocycles. The molecule has 28 heavy (non-hydrogen) atoms. The number of aliphatic imine (C=N–C) groups is 1. The van der Waals surface area contributed by atoms with Gasteiger partial charge >= 0.3 is 6.09 Å². The monoisotopic (exact) mass is 400 g/mol. The number of methoxy groups -OCH3 is 1. The van der Waals surface area contributed by atoms with Crippen molar-refractivity contribution in [2.24, 2.45) is 4.99 Å². The predicted octanol–water partition coefficient (Wildman–Crippen LogP) is 3.47. The number of carbonyl (C=O) groups is 3. The second-order valence-corrected chi connectivity index (χ2v) is 6.67. The minimum absolute atomic E-state index is 0.118. The van der Waals surface area contributed by atoms with E-state index in [1.165, 1.54) is 32.7 Å². The van der Waals surface area contributed by atoms with Gasteiger partial charge in [-0.25, -0.2) is 4.79 Å². The quantitative estimate of drug-likeness (QED) is 0.536. The molecular weight excluding hydrogens is 380 g/mol. The molecule has 0 aromatic heterocycles. The van der Waals surface area contributed by atoms with Crippen LogP contribution in [0.1, 0.15) is 13.8 Å². The van der Waals surface area contributed by atoms with Gasteiger partial charge in [0.2, 0.25) is 17.8 Å². The van der Waals surface area contributed by atoms with Crippen molar-refractivity contribution in [3.8, 4) is 0 Å². The van der Waals surface area contributed by atoms with Gasteiger partial charge in [0.15, 0.2) is 0 Å². The maximum Gasteiger partial charge on any atom is 0.413 e. The Kier molecular flexibility index (Phi) is 7.58. The van der Waals surface area contributed by atoms with Gasteiger partial charge in [-0.3, -0.25) is 14.9 Å². The fourth-order valence-electron chi connectivity index (χ4n) is 2.13. The third-order valence-corrected chi connectivity index (χ3v) is 4.21. The number of benzene rings is 2. The van der Waals surface area contributed by atoms with Crippen molar-refractivity contribution in [1.29, 1.82) is 0 Å². The summed E-state index contributed by atoms with van der Waals surface area (Å²) < 4.78 is 4.54. The summed E-state index contributed by atoms with van der Waals surface area (Å²) in [7, 11) is 1.20. The average Bonchev–Trinajstić information content (AvgIpc) is 2.63. The van der Waals surface area contributed by atoms with Crippen LogP contribution in [-0.4, -0.2) is 31.0 Å². The molecule has 0 radical (unpaired) electrons. The fraction of sp³-hybridized carbons (Fsp3) is 0.158. The van der Waals surface area contributed by atoms with E-state index in [1.807, 2.05) is 36.4 Å². The van der Waals surface area contributed by atoms with Crippen molar-refractivity contribution in [3.63, 3.8) is 0 Å². The van der Waals surface area contributed by atoms with Gasteiger partial charge in [0.05, 0.1) is 18.5 Å². The highest BCUT2D eigenvalue weighted by Crippen LogP contribution is 2.33. The van der Waals surface area contributed by atoms with Crippen molar-refractivity contribution in [2.75, 3.05) is 17.7 Å². The zero-order valence-corrected chi connectivity index (χ0v) is 16.4. The molecule has 0 heterocycles. The van der Waals surface area contributed by atoms with E-state index in [0.29, 0.717) is 11.4 Å². The number of carbonyl (C=O) groups excluding carboxylic acids is 3. The second-order valence-electron chi connectivity index (χ2n) is 5.52. The molecule has 2 aromatic carbocycles. The lowest BCUT2D eigenvalue weighted by Crippen LogP contribution is -2.36. The van der Waals surface area contributed by atoms with E-state index in [0.717, 1.165) is 9.79 Å². The normalized spacial score (nSPS) is 10.8. The van der Waals surface area contributed by atoms with Crippen LogP contribution in [-0.2, 0) is 14.3 Å². The lowest BCUT2D eigenvalue weighted by atomic mass is 10.2. The standard InChI is InChI=1S/C19H20N4O4S/c1-12(24)20-16-10-9-15(28-14-7-5-4-6-8-14)11-17(16)22-18(21-13(2)25)23-19(26)27-3/h4-11H,1-3H3,(H,20,24)(H2,21,22,23,25,26). The van der Waals surface area contributed by atoms with Crippen LogP contribution in [0.4, 0.5) is 16.2 Å². The van der Waals surface area contributed by atoms with Gasteiger partial charge in [-0.15, -0.1) is 0 Å². The van der Waals surface area contributed by atoms with Crippen LogP contribution in [0.5, 0.6) is 0 Å². The SMILES string of the molecule is COC(=O)N/C(=N/C(C)=O)Nc1cc(Sc2ccccc2)ccc1NC(C)=O. The number of hydrogen-bond donors (Lipinski definition) is 3. The first-order valence-corrected chi connectivity index (χ1v) is 9.05. The first-order chi connectivity index (χ1) is 13.4. The van der Waals surface area contributed by atoms with Crippen LogP contribution in [0.15, 0.2) is 63.3 Å². The predicted molar refractivity (Wildman–Crippen MR) is 109 cm³/mol. The molecule has 0 fully saturated rings. The summed E-state index contributed by atoms with van der Waals surface area (Å²) >= 11 is 1.52. The molecule has 0 bridgehead atoms. The summed E-state index contributed by atoms with van der Waals surface area (Å²) in [6, 6.07) is 15.1. The Labute approximate surface area is 166 Å². The summed E-state index contributed by atoms with van der Waals surface area (Å²) in [5.74, 6) is -0.903. The van der Waals surface area contributed by atoms with E-state index in [1.54, 1.807) is 12.1 Å². The van der Waals surface area contributed by atoms with Crippen LogP contribution in [0.3, 0.4) is 0 Å². The maximum absolute atomic E-state index is 11.5. The first kappa shape index (κ1) is 21.0. The van der Waals surface area contributed by atoms with Gasteiger partial charge < -0.3 is 15.4 Å². The lowest BCUT2D eigenvalue weighted by molar-refractivity contribution is -0.116. The molecule has 0 unspecified atom stereocenters. The number of guanidine groups is 1. The Hall–Kier alpha value is -3.33. The fourth-order valence-corrected chi connectivity index (χ4v) is 3.01. The Balaban J connectivity index is 2.36. The third-order valence-electron chi connectivity index (χ3n) is 3.21. The van der Waals surface area contributed by atoms with Gasteiger partial charge in [0, 0.05) is 23.6 Å². The van der Waals surface area contributed by atoms with Crippen molar-refractivity contribution in [1.82, 2.24) is 5.32 Å². The van der Waals surface area contributed by atoms with E-state index in [4.69, 9.17) is 0 Å². The minimum atomic E-state index is -0.789. The Morgan fingerprint density at radius 1 is 0.929 bits per heavy atom. The third kappa shape index (κ3) is 6.76. The largest absolute Gasteiger partial charge is 0.453 e. The van der Waals surface area contributed by atoms with Gasteiger partial charge in [-0.2, -0.15) is 4.99 Å². The summed E-state index contributed by atoms with van der Waals surface area (Å²) in [5, 5.41) is 7.89. The average molecular weight is 400 g/mol. The van der Waals surface area contributed by atoms with Crippen molar-refractivity contribution in [3.05, 3.63) is 48.5 Å². The number of ether oxygens (including phenoxy) is 1. The maximum atomic E-state index is 11.5. The summed E-state index contributed by atoms with van der Waals surface area (Å²) in [6.45, 7) is 2.63. The Morgan fingerprint density at radius 3 is 2.25 bits per heavy atom. The molecule has 8 nitrogen and oxygen atoms in total. The van der Waals surface area contributed by atoms with Crippen LogP contribution in [0.2, 0.25) is 0 Å². The smallest absolute Gasteiger partial charge is 0.413 e. The first-order valence-electron chi connectivity index (χ1n) is 8.23. The minimum Gasteiger partial charge on any atom is -0.453 e. The zero-order chi connectivity index (χ0) is 20.5. The van der Waals surface area contributed by atoms with E-state index >= 15 is 0 Å². The van der Waals surface area contributed by atoms with Gasteiger partial charge in [0.25, 0.3) is 0 Å². The number of nitrogens with one attached hydrogen (secondary N) is 3. The Bertz CT molecular complexity index is 900. The molecule has 0 spiro atoms. The van der Waals surface area contributed by atoms with E-state index < -0.39 is 12.0 Å². The van der Waals surface area contributed by atoms with Crippen molar-refractivity contribution < 1.29 is 19.1 Å². The molecule has 9 heteroatoms. The summed E-state index contributed by atoms with van der Waals surface area (Å²) in [5.41, 5.74) is 0.917. The number of hydrogen-bond acceptors (Lipinski definition) is 5. The second kappa shape index (κ2) is 10.1. The highest BCUT2D eigenvalue weighted by atomic mass is 32.2. The van der Waals surface area contributed by atoms with Crippen LogP contribution in [0, 0.1) is 0 Å². The molecule has 0 aliphatic heterocycles. The molecule has 2 aromatic rings. The number of amides is 3. The van der Waals surface area contributed by atoms with Crippen LogP contribution in [0.25, 0.3) is 0 Å². The number of nitrogens with zero attached hydrogens (tertiary/aromatic N) is 1. The van der Waals surface area contributed by atoms with Gasteiger partial charge in [0.1, 0.15) is 0 Å². The van der Waals surface area contributed by atoms with Crippen molar-refractivity contribution >= 4 is 47.0 Å². The highest BCUT2D eigenvalue weighted by molar-refractivity contribution is 7.99. The zero-order valence-electron chi connectivity index (χ0n) is 15.6. The molecule has 0 atom stereocenters. The molecule has 0 aliphatic carbocycles.